The van der Waals surface area contributed by atoms with Crippen LogP contribution in [-0.4, -0.2) is 17.8 Å². The van der Waals surface area contributed by atoms with Gasteiger partial charge in [0.2, 0.25) is 0 Å². The van der Waals surface area contributed by atoms with Crippen molar-refractivity contribution in [3.8, 4) is 0 Å². The van der Waals surface area contributed by atoms with Crippen LogP contribution >= 0.6 is 0 Å². The van der Waals surface area contributed by atoms with E-state index in [1.165, 1.54) is 49.7 Å². The number of nitrogens with two attached hydrogens (primary N) is 1. The van der Waals surface area contributed by atoms with E-state index >= 15 is 0 Å². The minimum Gasteiger partial charge on any atom is -0.387 e. The molecule has 1 aliphatic carbocycles. The number of amidine groups is 1. The zero-order valence-electron chi connectivity index (χ0n) is 12.4. The van der Waals surface area contributed by atoms with E-state index in [9.17, 15) is 9.18 Å². The summed E-state index contributed by atoms with van der Waals surface area (Å²) in [5.41, 5.74) is 5.95. The van der Waals surface area contributed by atoms with Crippen LogP contribution in [0.2, 0.25) is 0 Å². The van der Waals surface area contributed by atoms with Gasteiger partial charge in [-0.15, -0.1) is 0 Å². The van der Waals surface area contributed by atoms with Gasteiger partial charge < -0.3 is 16.4 Å². The number of carbonyl (C=O) groups is 1. The van der Waals surface area contributed by atoms with Gasteiger partial charge in [0, 0.05) is 17.9 Å². The topological polar surface area (TPSA) is 91.0 Å². The van der Waals surface area contributed by atoms with Crippen LogP contribution in [0.4, 0.5) is 10.1 Å². The van der Waals surface area contributed by atoms with Crippen LogP contribution in [0.3, 0.4) is 0 Å². The maximum absolute atomic E-state index is 12.9. The summed E-state index contributed by atoms with van der Waals surface area (Å²) in [5, 5.41) is 13.9. The zero-order chi connectivity index (χ0) is 15.9. The Hall–Kier alpha value is -2.37. The van der Waals surface area contributed by atoms with Crippen molar-refractivity contribution in [2.75, 3.05) is 5.32 Å². The molecule has 0 bridgehead atoms. The first-order valence-corrected chi connectivity index (χ1v) is 7.44. The molecule has 5 N–H and O–H groups in total. The van der Waals surface area contributed by atoms with Gasteiger partial charge in [-0.3, -0.25) is 10.2 Å². The molecule has 22 heavy (non-hydrogen) atoms. The summed E-state index contributed by atoms with van der Waals surface area (Å²) < 4.78 is 12.9. The van der Waals surface area contributed by atoms with Gasteiger partial charge in [-0.1, -0.05) is 19.3 Å². The molecule has 1 saturated carbocycles. The van der Waals surface area contributed by atoms with E-state index < -0.39 is 5.91 Å². The monoisotopic (exact) mass is 304 g/mol. The number of amides is 1. The van der Waals surface area contributed by atoms with Gasteiger partial charge in [-0.2, -0.15) is 0 Å². The van der Waals surface area contributed by atoms with Crippen molar-refractivity contribution >= 4 is 17.4 Å². The average Bonchev–Trinajstić information content (AvgIpc) is 2.50. The molecule has 0 saturated heterocycles. The van der Waals surface area contributed by atoms with Gasteiger partial charge >= 0.3 is 0 Å². The molecule has 0 heterocycles. The lowest BCUT2D eigenvalue weighted by molar-refractivity contribution is -0.114. The minimum absolute atomic E-state index is 0.0786. The average molecular weight is 304 g/mol. The molecule has 1 aliphatic rings. The number of anilines is 1. The predicted molar refractivity (Wildman–Crippen MR) is 85.0 cm³/mol. The van der Waals surface area contributed by atoms with Crippen molar-refractivity contribution in [1.82, 2.24) is 5.32 Å². The Morgan fingerprint density at radius 1 is 1.23 bits per heavy atom. The molecule has 1 amide bonds. The third-order valence-electron chi connectivity index (χ3n) is 3.72. The van der Waals surface area contributed by atoms with Gasteiger partial charge in [0.05, 0.1) is 5.57 Å². The molecule has 0 radical (unpaired) electrons. The number of carbonyl (C=O) groups excluding carboxylic acids is 1. The van der Waals surface area contributed by atoms with Gasteiger partial charge in [-0.25, -0.2) is 4.39 Å². The lowest BCUT2D eigenvalue weighted by atomic mass is 9.95. The zero-order valence-corrected chi connectivity index (χ0v) is 12.4. The lowest BCUT2D eigenvalue weighted by Gasteiger charge is -2.22. The number of halogens is 1. The van der Waals surface area contributed by atoms with Crippen molar-refractivity contribution in [3.05, 3.63) is 41.9 Å². The third kappa shape index (κ3) is 4.58. The van der Waals surface area contributed by atoms with Crippen molar-refractivity contribution in [1.29, 1.82) is 5.41 Å². The van der Waals surface area contributed by atoms with Crippen LogP contribution in [-0.2, 0) is 4.79 Å². The second-order valence-electron chi connectivity index (χ2n) is 5.43. The maximum atomic E-state index is 12.9. The predicted octanol–water partition coefficient (Wildman–Crippen LogP) is 2.51. The Kier molecular flexibility index (Phi) is 5.52. The maximum Gasteiger partial charge on any atom is 0.253 e. The Labute approximate surface area is 129 Å². The van der Waals surface area contributed by atoms with Gasteiger partial charge in [-0.05, 0) is 37.1 Å². The highest BCUT2D eigenvalue weighted by Crippen LogP contribution is 2.17. The summed E-state index contributed by atoms with van der Waals surface area (Å²) in [7, 11) is 0. The van der Waals surface area contributed by atoms with E-state index in [2.05, 4.69) is 10.6 Å². The molecule has 5 nitrogen and oxygen atoms in total. The van der Waals surface area contributed by atoms with Gasteiger partial charge in [0.1, 0.15) is 11.7 Å². The standard InChI is InChI=1S/C16H21FN4O/c17-11-6-8-13(9-7-11)21-15(18)14(16(19)22)10-20-12-4-2-1-3-5-12/h6-10,12,20H,1-5H2,(H2,18,21)(H2,19,22)/b14-10+. The SMILES string of the molecule is N=C(Nc1ccc(F)cc1)/C(=C\NC1CCCCC1)C(N)=O. The molecule has 0 unspecified atom stereocenters. The molecule has 0 spiro atoms. The Morgan fingerprint density at radius 3 is 2.45 bits per heavy atom. The fourth-order valence-electron chi connectivity index (χ4n) is 2.48. The summed E-state index contributed by atoms with van der Waals surface area (Å²) in [6.07, 6.45) is 7.21. The van der Waals surface area contributed by atoms with Crippen LogP contribution in [0.15, 0.2) is 36.0 Å². The largest absolute Gasteiger partial charge is 0.387 e. The highest BCUT2D eigenvalue weighted by molar-refractivity contribution is 6.23. The normalized spacial score (nSPS) is 16.1. The second kappa shape index (κ2) is 7.59. The van der Waals surface area contributed by atoms with E-state index in [0.717, 1.165) is 12.8 Å². The van der Waals surface area contributed by atoms with E-state index in [1.807, 2.05) is 0 Å². The number of benzene rings is 1. The van der Waals surface area contributed by atoms with Crippen LogP contribution in [0.5, 0.6) is 0 Å². The van der Waals surface area contributed by atoms with Gasteiger partial charge in [0.25, 0.3) is 5.91 Å². The number of primary amides is 1. The number of rotatable bonds is 5. The second-order valence-corrected chi connectivity index (χ2v) is 5.43. The molecule has 0 aromatic heterocycles. The highest BCUT2D eigenvalue weighted by atomic mass is 19.1. The summed E-state index contributed by atoms with van der Waals surface area (Å²) in [5.74, 6) is -1.15. The van der Waals surface area contributed by atoms with Crippen molar-refractivity contribution in [2.45, 2.75) is 38.1 Å². The summed E-state index contributed by atoms with van der Waals surface area (Å²) in [6, 6.07) is 5.88. The lowest BCUT2D eigenvalue weighted by Crippen LogP contribution is -2.31. The fourth-order valence-corrected chi connectivity index (χ4v) is 2.48. The van der Waals surface area contributed by atoms with Crippen LogP contribution < -0.4 is 16.4 Å². The molecule has 6 heteroatoms. The van der Waals surface area contributed by atoms with Gasteiger partial charge in [0.15, 0.2) is 0 Å². The Bertz CT molecular complexity index is 562. The quantitative estimate of drug-likeness (QED) is 0.383. The first-order valence-electron chi connectivity index (χ1n) is 7.44. The highest BCUT2D eigenvalue weighted by Gasteiger charge is 2.15. The molecule has 1 fully saturated rings. The van der Waals surface area contributed by atoms with Crippen molar-refractivity contribution in [2.24, 2.45) is 5.73 Å². The minimum atomic E-state index is -0.678. The Balaban J connectivity index is 2.01. The Morgan fingerprint density at radius 2 is 1.86 bits per heavy atom. The van der Waals surface area contributed by atoms with E-state index in [4.69, 9.17) is 11.1 Å². The van der Waals surface area contributed by atoms with E-state index in [-0.39, 0.29) is 17.2 Å². The molecule has 2 rings (SSSR count). The molecule has 1 aromatic rings. The summed E-state index contributed by atoms with van der Waals surface area (Å²) in [4.78, 5) is 11.5. The smallest absolute Gasteiger partial charge is 0.253 e. The van der Waals surface area contributed by atoms with Crippen LogP contribution in [0.25, 0.3) is 0 Å². The van der Waals surface area contributed by atoms with E-state index in [0.29, 0.717) is 11.7 Å². The first-order chi connectivity index (χ1) is 10.6. The number of hydrogen-bond acceptors (Lipinski definition) is 3. The fraction of sp³-hybridized carbons (Fsp3) is 0.375. The van der Waals surface area contributed by atoms with Crippen molar-refractivity contribution < 1.29 is 9.18 Å². The van der Waals surface area contributed by atoms with Crippen LogP contribution in [0, 0.1) is 11.2 Å². The molecule has 1 aromatic carbocycles. The summed E-state index contributed by atoms with van der Waals surface area (Å²) in [6.45, 7) is 0. The van der Waals surface area contributed by atoms with Crippen LogP contribution in [0.1, 0.15) is 32.1 Å². The first kappa shape index (κ1) is 16.0. The summed E-state index contributed by atoms with van der Waals surface area (Å²) >= 11 is 0. The van der Waals surface area contributed by atoms with Crippen molar-refractivity contribution in [3.63, 3.8) is 0 Å². The third-order valence-corrected chi connectivity index (χ3v) is 3.72. The molecule has 0 atom stereocenters. The van der Waals surface area contributed by atoms with E-state index in [1.54, 1.807) is 0 Å². The molecule has 0 aliphatic heterocycles. The molecular formula is C16H21FN4O. The number of hydrogen-bond donors (Lipinski definition) is 4. The molecular weight excluding hydrogens is 283 g/mol. The number of nitrogens with one attached hydrogen (secondary N) is 3. The molecule has 118 valence electrons.